The maximum absolute atomic E-state index is 13.5. The number of ether oxygens (including phenoxy) is 2. The maximum Gasteiger partial charge on any atom is 0.278 e. The second kappa shape index (κ2) is 10.3. The Kier molecular flexibility index (Phi) is 6.97. The quantitative estimate of drug-likeness (QED) is 0.467. The van der Waals surface area contributed by atoms with Crippen LogP contribution in [-0.4, -0.2) is 37.0 Å². The lowest BCUT2D eigenvalue weighted by atomic mass is 10.0. The summed E-state index contributed by atoms with van der Waals surface area (Å²) in [6.45, 7) is 4.65. The van der Waals surface area contributed by atoms with Crippen molar-refractivity contribution in [3.05, 3.63) is 95.2 Å². The highest BCUT2D eigenvalue weighted by atomic mass is 16.5. The van der Waals surface area contributed by atoms with Crippen molar-refractivity contribution >= 4 is 23.1 Å². The first-order chi connectivity index (χ1) is 16.5. The molecule has 3 aromatic rings. The number of rotatable bonds is 9. The first-order valence-corrected chi connectivity index (χ1v) is 11.3. The Morgan fingerprint density at radius 2 is 1.59 bits per heavy atom. The molecule has 6 heteroatoms. The molecule has 0 aliphatic carbocycles. The van der Waals surface area contributed by atoms with Crippen LogP contribution >= 0.6 is 0 Å². The predicted octanol–water partition coefficient (Wildman–Crippen LogP) is 4.84. The van der Waals surface area contributed by atoms with E-state index in [0.29, 0.717) is 35.6 Å². The molecule has 1 aliphatic rings. The van der Waals surface area contributed by atoms with E-state index >= 15 is 0 Å². The maximum atomic E-state index is 13.5. The van der Waals surface area contributed by atoms with Gasteiger partial charge in [-0.05, 0) is 55.7 Å². The summed E-state index contributed by atoms with van der Waals surface area (Å²) in [6, 6.07) is 22.6. The van der Waals surface area contributed by atoms with Gasteiger partial charge in [0, 0.05) is 6.54 Å². The molecule has 4 rings (SSSR count). The van der Waals surface area contributed by atoms with E-state index in [4.69, 9.17) is 9.47 Å². The van der Waals surface area contributed by atoms with Crippen LogP contribution in [0, 0.1) is 6.92 Å². The number of anilines is 1. The minimum Gasteiger partial charge on any atom is -0.497 e. The molecule has 0 spiro atoms. The fourth-order valence-corrected chi connectivity index (χ4v) is 3.90. The molecule has 0 saturated heterocycles. The van der Waals surface area contributed by atoms with Crippen LogP contribution < -0.4 is 14.8 Å². The van der Waals surface area contributed by atoms with Crippen molar-refractivity contribution in [3.63, 3.8) is 0 Å². The number of carbonyl (C=O) groups excluding carboxylic acids is 2. The summed E-state index contributed by atoms with van der Waals surface area (Å²) in [5, 5.41) is 3.21. The van der Waals surface area contributed by atoms with Gasteiger partial charge in [0.2, 0.25) is 0 Å². The minimum atomic E-state index is -0.347. The lowest BCUT2D eigenvalue weighted by Gasteiger charge is -2.16. The number of amides is 2. The first kappa shape index (κ1) is 23.1. The lowest BCUT2D eigenvalue weighted by Crippen LogP contribution is -2.34. The van der Waals surface area contributed by atoms with E-state index in [0.717, 1.165) is 16.9 Å². The van der Waals surface area contributed by atoms with Crippen molar-refractivity contribution in [2.24, 2.45) is 0 Å². The molecule has 0 fully saturated rings. The third kappa shape index (κ3) is 4.81. The summed E-state index contributed by atoms with van der Waals surface area (Å²) in [7, 11) is 1.62. The number of para-hydroxylation sites is 2. The van der Waals surface area contributed by atoms with E-state index in [1.165, 1.54) is 4.90 Å². The van der Waals surface area contributed by atoms with E-state index in [9.17, 15) is 9.59 Å². The van der Waals surface area contributed by atoms with Gasteiger partial charge in [-0.25, -0.2) is 0 Å². The Balaban J connectivity index is 1.65. The number of imide groups is 1. The molecule has 0 unspecified atom stereocenters. The molecule has 34 heavy (non-hydrogen) atoms. The van der Waals surface area contributed by atoms with Gasteiger partial charge in [-0.2, -0.15) is 0 Å². The molecular weight excluding hydrogens is 428 g/mol. The number of nitrogens with zero attached hydrogens (tertiary/aromatic N) is 1. The molecule has 0 aromatic heterocycles. The molecule has 2 amide bonds. The number of nitrogens with one attached hydrogen (secondary N) is 1. The minimum absolute atomic E-state index is 0.260. The van der Waals surface area contributed by atoms with Crippen LogP contribution in [0.1, 0.15) is 23.6 Å². The van der Waals surface area contributed by atoms with Crippen molar-refractivity contribution in [3.8, 4) is 11.5 Å². The normalized spacial score (nSPS) is 13.4. The molecule has 0 saturated carbocycles. The Hall–Kier alpha value is -4.06. The van der Waals surface area contributed by atoms with E-state index in [2.05, 4.69) is 5.32 Å². The molecule has 174 valence electrons. The number of benzene rings is 3. The largest absolute Gasteiger partial charge is 0.497 e. The van der Waals surface area contributed by atoms with Crippen molar-refractivity contribution in [2.45, 2.75) is 20.3 Å². The second-order valence-electron chi connectivity index (χ2n) is 8.03. The molecule has 0 atom stereocenters. The molecule has 1 N–H and O–H groups in total. The summed E-state index contributed by atoms with van der Waals surface area (Å²) >= 11 is 0. The molecule has 0 bridgehead atoms. The highest BCUT2D eigenvalue weighted by Gasteiger charge is 2.39. The fourth-order valence-electron chi connectivity index (χ4n) is 3.90. The van der Waals surface area contributed by atoms with Crippen molar-refractivity contribution in [1.82, 2.24) is 4.90 Å². The van der Waals surface area contributed by atoms with Crippen molar-refractivity contribution < 1.29 is 19.1 Å². The number of methoxy groups -OCH3 is 1. The van der Waals surface area contributed by atoms with Crippen LogP contribution in [0.3, 0.4) is 0 Å². The summed E-state index contributed by atoms with van der Waals surface area (Å²) in [5.74, 6) is 0.733. The number of carbonyl (C=O) groups is 2. The van der Waals surface area contributed by atoms with Crippen LogP contribution in [0.25, 0.3) is 5.57 Å². The Labute approximate surface area is 199 Å². The van der Waals surface area contributed by atoms with Crippen LogP contribution in [0.4, 0.5) is 5.69 Å². The number of aryl methyl sites for hydroxylation is 1. The molecule has 0 radical (unpaired) electrons. The fraction of sp³-hybridized carbons (Fsp3) is 0.214. The summed E-state index contributed by atoms with van der Waals surface area (Å²) in [4.78, 5) is 28.3. The van der Waals surface area contributed by atoms with Crippen molar-refractivity contribution in [1.29, 1.82) is 0 Å². The van der Waals surface area contributed by atoms with Gasteiger partial charge in [0.15, 0.2) is 0 Å². The first-order valence-electron chi connectivity index (χ1n) is 11.3. The molecule has 6 nitrogen and oxygen atoms in total. The molecule has 3 aromatic carbocycles. The van der Waals surface area contributed by atoms with Gasteiger partial charge in [-0.15, -0.1) is 0 Å². The number of hydrogen-bond acceptors (Lipinski definition) is 5. The average molecular weight is 457 g/mol. The van der Waals surface area contributed by atoms with Gasteiger partial charge in [-0.1, -0.05) is 54.1 Å². The molecule has 1 aliphatic heterocycles. The van der Waals surface area contributed by atoms with Crippen molar-refractivity contribution in [2.75, 3.05) is 25.6 Å². The Bertz CT molecular complexity index is 1210. The summed E-state index contributed by atoms with van der Waals surface area (Å²) in [5.41, 5.74) is 4.06. The standard InChI is InChI=1S/C28H28N2O4/c1-4-34-24-8-6-5-7-23(24)29-26-25(21-13-9-19(2)10-14-21)27(31)30(28(26)32)18-17-20-11-15-22(33-3)16-12-20/h5-16,29H,4,17-18H2,1-3H3. The van der Waals surface area contributed by atoms with E-state index < -0.39 is 0 Å². The van der Waals surface area contributed by atoms with Gasteiger partial charge in [0.25, 0.3) is 11.8 Å². The van der Waals surface area contributed by atoms with Crippen LogP contribution in [0.5, 0.6) is 11.5 Å². The highest BCUT2D eigenvalue weighted by Crippen LogP contribution is 2.33. The zero-order valence-electron chi connectivity index (χ0n) is 19.6. The van der Waals surface area contributed by atoms with Crippen LogP contribution in [-0.2, 0) is 16.0 Å². The van der Waals surface area contributed by atoms with E-state index in [1.807, 2.05) is 86.6 Å². The summed E-state index contributed by atoms with van der Waals surface area (Å²) < 4.78 is 10.9. The van der Waals surface area contributed by atoms with Gasteiger partial charge >= 0.3 is 0 Å². The zero-order chi connectivity index (χ0) is 24.1. The SMILES string of the molecule is CCOc1ccccc1NC1=C(c2ccc(C)cc2)C(=O)N(CCc2ccc(OC)cc2)C1=O. The van der Waals surface area contributed by atoms with Gasteiger partial charge < -0.3 is 14.8 Å². The van der Waals surface area contributed by atoms with Crippen LogP contribution in [0.15, 0.2) is 78.5 Å². The Morgan fingerprint density at radius 3 is 2.26 bits per heavy atom. The molecule has 1 heterocycles. The summed E-state index contributed by atoms with van der Waals surface area (Å²) in [6.07, 6.45) is 0.547. The smallest absolute Gasteiger partial charge is 0.278 e. The van der Waals surface area contributed by atoms with Crippen LogP contribution in [0.2, 0.25) is 0 Å². The van der Waals surface area contributed by atoms with E-state index in [1.54, 1.807) is 7.11 Å². The molecular formula is C28H28N2O4. The van der Waals surface area contributed by atoms with Gasteiger partial charge in [-0.3, -0.25) is 14.5 Å². The average Bonchev–Trinajstić information content (AvgIpc) is 3.08. The topological polar surface area (TPSA) is 67.9 Å². The predicted molar refractivity (Wildman–Crippen MR) is 133 cm³/mol. The van der Waals surface area contributed by atoms with Gasteiger partial charge in [0.1, 0.15) is 17.2 Å². The van der Waals surface area contributed by atoms with Gasteiger partial charge in [0.05, 0.1) is 25.0 Å². The highest BCUT2D eigenvalue weighted by molar-refractivity contribution is 6.36. The third-order valence-electron chi connectivity index (χ3n) is 5.74. The Morgan fingerprint density at radius 1 is 0.882 bits per heavy atom. The van der Waals surface area contributed by atoms with E-state index in [-0.39, 0.29) is 24.1 Å². The zero-order valence-corrected chi connectivity index (χ0v) is 19.6. The second-order valence-corrected chi connectivity index (χ2v) is 8.03. The number of hydrogen-bond donors (Lipinski definition) is 1. The third-order valence-corrected chi connectivity index (χ3v) is 5.74. The lowest BCUT2D eigenvalue weighted by molar-refractivity contribution is -0.136. The monoisotopic (exact) mass is 456 g/mol.